The van der Waals surface area contributed by atoms with Gasteiger partial charge in [0.15, 0.2) is 0 Å². The third-order valence-electron chi connectivity index (χ3n) is 4.62. The molecule has 1 unspecified atom stereocenters. The molecule has 110 valence electrons. The molecule has 1 aliphatic heterocycles. The molecule has 1 spiro atoms. The maximum atomic E-state index is 9.13. The molecule has 1 heterocycles. The van der Waals surface area contributed by atoms with Crippen molar-refractivity contribution >= 4 is 0 Å². The number of aliphatic hydroxyl groups excluding tert-OH is 1. The first kappa shape index (κ1) is 13.9. The van der Waals surface area contributed by atoms with Gasteiger partial charge in [0.2, 0.25) is 0 Å². The van der Waals surface area contributed by atoms with E-state index in [0.717, 1.165) is 17.7 Å². The third kappa shape index (κ3) is 3.15. The Balaban J connectivity index is 1.51. The van der Waals surface area contributed by atoms with Crippen LogP contribution in [0.3, 0.4) is 0 Å². The molecule has 0 bridgehead atoms. The van der Waals surface area contributed by atoms with E-state index >= 15 is 0 Å². The lowest BCUT2D eigenvalue weighted by molar-refractivity contribution is -0.0748. The fourth-order valence-electron chi connectivity index (χ4n) is 3.50. The topological polar surface area (TPSA) is 38.7 Å². The van der Waals surface area contributed by atoms with E-state index < -0.39 is 0 Å². The van der Waals surface area contributed by atoms with Gasteiger partial charge in [0.25, 0.3) is 0 Å². The highest BCUT2D eigenvalue weighted by molar-refractivity contribution is 5.28. The quantitative estimate of drug-likeness (QED) is 0.915. The second-order valence-electron chi connectivity index (χ2n) is 6.14. The monoisotopic (exact) mass is 276 g/mol. The van der Waals surface area contributed by atoms with Crippen LogP contribution >= 0.6 is 0 Å². The Labute approximate surface area is 120 Å². The number of hydrogen-bond donors (Lipinski definition) is 1. The van der Waals surface area contributed by atoms with Gasteiger partial charge < -0.3 is 14.6 Å². The summed E-state index contributed by atoms with van der Waals surface area (Å²) in [6.07, 6.45) is 8.97. The summed E-state index contributed by atoms with van der Waals surface area (Å²) in [5, 5.41) is 9.13. The van der Waals surface area contributed by atoms with Gasteiger partial charge in [0, 0.05) is 0 Å². The van der Waals surface area contributed by atoms with Crippen molar-refractivity contribution in [3.05, 3.63) is 29.8 Å². The van der Waals surface area contributed by atoms with Crippen LogP contribution in [0, 0.1) is 0 Å². The first-order valence-corrected chi connectivity index (χ1v) is 7.80. The van der Waals surface area contributed by atoms with E-state index in [9.17, 15) is 0 Å². The summed E-state index contributed by atoms with van der Waals surface area (Å²) >= 11 is 0. The van der Waals surface area contributed by atoms with Gasteiger partial charge in [0.05, 0.1) is 18.3 Å². The predicted octanol–water partition coefficient (Wildman–Crippen LogP) is 3.44. The highest BCUT2D eigenvalue weighted by Gasteiger charge is 2.40. The standard InChI is InChI=1S/C17H24O3/c18-12-14-5-4-6-15(11-14)19-13-16-7-10-17(20-16)8-2-1-3-9-17/h4-6,11,16,18H,1-3,7-10,12-13H2. The molecule has 0 amide bonds. The van der Waals surface area contributed by atoms with E-state index in [0.29, 0.717) is 6.61 Å². The average Bonchev–Trinajstić information content (AvgIpc) is 2.89. The van der Waals surface area contributed by atoms with E-state index in [1.807, 2.05) is 24.3 Å². The fraction of sp³-hybridized carbons (Fsp3) is 0.647. The van der Waals surface area contributed by atoms with E-state index in [1.54, 1.807) is 0 Å². The number of hydrogen-bond acceptors (Lipinski definition) is 3. The van der Waals surface area contributed by atoms with Crippen molar-refractivity contribution in [3.63, 3.8) is 0 Å². The lowest BCUT2D eigenvalue weighted by Gasteiger charge is -2.33. The minimum Gasteiger partial charge on any atom is -0.491 e. The maximum Gasteiger partial charge on any atom is 0.119 e. The van der Waals surface area contributed by atoms with Crippen molar-refractivity contribution in [3.8, 4) is 5.75 Å². The van der Waals surface area contributed by atoms with E-state index in [1.165, 1.54) is 38.5 Å². The molecule has 0 aromatic heterocycles. The molecule has 1 aliphatic carbocycles. The van der Waals surface area contributed by atoms with Gasteiger partial charge >= 0.3 is 0 Å². The van der Waals surface area contributed by atoms with Gasteiger partial charge in [-0.15, -0.1) is 0 Å². The molecule has 3 heteroatoms. The molecule has 1 atom stereocenters. The second kappa shape index (κ2) is 6.15. The van der Waals surface area contributed by atoms with Gasteiger partial charge in [-0.1, -0.05) is 31.4 Å². The van der Waals surface area contributed by atoms with Crippen molar-refractivity contribution in [1.82, 2.24) is 0 Å². The normalized spacial score (nSPS) is 24.9. The maximum absolute atomic E-state index is 9.13. The Morgan fingerprint density at radius 1 is 1.20 bits per heavy atom. The summed E-state index contributed by atoms with van der Waals surface area (Å²) < 4.78 is 12.1. The molecule has 3 rings (SSSR count). The van der Waals surface area contributed by atoms with Crippen LogP contribution in [0.25, 0.3) is 0 Å². The molecule has 2 aliphatic rings. The van der Waals surface area contributed by atoms with E-state index in [2.05, 4.69) is 0 Å². The van der Waals surface area contributed by atoms with Crippen LogP contribution in [-0.4, -0.2) is 23.4 Å². The number of rotatable bonds is 4. The van der Waals surface area contributed by atoms with Crippen molar-refractivity contribution < 1.29 is 14.6 Å². The zero-order valence-electron chi connectivity index (χ0n) is 12.0. The zero-order valence-corrected chi connectivity index (χ0v) is 12.0. The highest BCUT2D eigenvalue weighted by Crippen LogP contribution is 2.41. The molecule has 1 saturated heterocycles. The Kier molecular flexibility index (Phi) is 4.27. The van der Waals surface area contributed by atoms with Crippen molar-refractivity contribution in [2.75, 3.05) is 6.61 Å². The van der Waals surface area contributed by atoms with Crippen LogP contribution in [0.5, 0.6) is 5.75 Å². The lowest BCUT2D eigenvalue weighted by Crippen LogP contribution is -2.32. The fourth-order valence-corrected chi connectivity index (χ4v) is 3.50. The SMILES string of the molecule is OCc1cccc(OCC2CCC3(CCCCC3)O2)c1. The van der Waals surface area contributed by atoms with Gasteiger partial charge in [-0.2, -0.15) is 0 Å². The first-order valence-electron chi connectivity index (χ1n) is 7.80. The van der Waals surface area contributed by atoms with E-state index in [4.69, 9.17) is 14.6 Å². The van der Waals surface area contributed by atoms with Crippen molar-refractivity contribution in [1.29, 1.82) is 0 Å². The molecular weight excluding hydrogens is 252 g/mol. The molecule has 3 nitrogen and oxygen atoms in total. The summed E-state index contributed by atoms with van der Waals surface area (Å²) in [7, 11) is 0. The van der Waals surface area contributed by atoms with Crippen molar-refractivity contribution in [2.45, 2.75) is 63.3 Å². The van der Waals surface area contributed by atoms with Crippen LogP contribution in [-0.2, 0) is 11.3 Å². The van der Waals surface area contributed by atoms with Gasteiger partial charge in [-0.3, -0.25) is 0 Å². The summed E-state index contributed by atoms with van der Waals surface area (Å²) in [4.78, 5) is 0. The van der Waals surface area contributed by atoms with Crippen LogP contribution in [0.2, 0.25) is 0 Å². The molecule has 1 aromatic rings. The number of benzene rings is 1. The molecule has 1 saturated carbocycles. The average molecular weight is 276 g/mol. The third-order valence-corrected chi connectivity index (χ3v) is 4.62. The minimum absolute atomic E-state index is 0.0558. The molecule has 20 heavy (non-hydrogen) atoms. The van der Waals surface area contributed by atoms with Crippen LogP contribution in [0.15, 0.2) is 24.3 Å². The van der Waals surface area contributed by atoms with Crippen molar-refractivity contribution in [2.24, 2.45) is 0 Å². The van der Waals surface area contributed by atoms with Gasteiger partial charge in [0.1, 0.15) is 12.4 Å². The smallest absolute Gasteiger partial charge is 0.119 e. The molecular formula is C17H24O3. The highest BCUT2D eigenvalue weighted by atomic mass is 16.6. The van der Waals surface area contributed by atoms with Crippen LogP contribution in [0.1, 0.15) is 50.5 Å². The van der Waals surface area contributed by atoms with Crippen LogP contribution < -0.4 is 4.74 Å². The molecule has 2 fully saturated rings. The van der Waals surface area contributed by atoms with Crippen LogP contribution in [0.4, 0.5) is 0 Å². The summed E-state index contributed by atoms with van der Waals surface area (Å²) in [5.74, 6) is 0.824. The Morgan fingerprint density at radius 3 is 2.85 bits per heavy atom. The van der Waals surface area contributed by atoms with Gasteiger partial charge in [-0.25, -0.2) is 0 Å². The molecule has 1 aromatic carbocycles. The lowest BCUT2D eigenvalue weighted by atomic mass is 9.83. The Hall–Kier alpha value is -1.06. The second-order valence-corrected chi connectivity index (χ2v) is 6.14. The molecule has 0 radical (unpaired) electrons. The Bertz CT molecular complexity index is 438. The summed E-state index contributed by atoms with van der Waals surface area (Å²) in [6.45, 7) is 0.677. The summed E-state index contributed by atoms with van der Waals surface area (Å²) in [5.41, 5.74) is 1.05. The van der Waals surface area contributed by atoms with E-state index in [-0.39, 0.29) is 18.3 Å². The largest absolute Gasteiger partial charge is 0.491 e. The molecule has 1 N–H and O–H groups in total. The summed E-state index contributed by atoms with van der Waals surface area (Å²) in [6, 6.07) is 7.64. The minimum atomic E-state index is 0.0558. The number of ether oxygens (including phenoxy) is 2. The number of aliphatic hydroxyl groups is 1. The van der Waals surface area contributed by atoms with Gasteiger partial charge in [-0.05, 0) is 43.4 Å². The first-order chi connectivity index (χ1) is 9.80. The predicted molar refractivity (Wildman–Crippen MR) is 77.8 cm³/mol. The Morgan fingerprint density at radius 2 is 2.05 bits per heavy atom. The zero-order chi connectivity index (χ0) is 13.8.